The first kappa shape index (κ1) is 18.9. The monoisotopic (exact) mass is 354 g/mol. The minimum Gasteiger partial charge on any atom is -0.475 e. The van der Waals surface area contributed by atoms with Crippen molar-refractivity contribution in [2.45, 2.75) is 25.1 Å². The predicted molar refractivity (Wildman–Crippen MR) is 75.4 cm³/mol. The van der Waals surface area contributed by atoms with Crippen LogP contribution >= 0.6 is 0 Å². The molecule has 0 aliphatic carbocycles. The van der Waals surface area contributed by atoms with E-state index in [1.165, 1.54) is 12.8 Å². The molecular weight excluding hydrogens is 333 g/mol. The van der Waals surface area contributed by atoms with Crippen LogP contribution in [-0.4, -0.2) is 80.2 Å². The average Bonchev–Trinajstić information content (AvgIpc) is 2.53. The molecule has 3 aliphatic heterocycles. The molecule has 1 spiro atoms. The molecule has 0 bridgehead atoms. The summed E-state index contributed by atoms with van der Waals surface area (Å²) in [5.74, 6) is -2.64. The van der Waals surface area contributed by atoms with E-state index in [4.69, 9.17) is 19.4 Å². The maximum atomic E-state index is 12.1. The van der Waals surface area contributed by atoms with E-state index in [1.54, 1.807) is 0 Å². The molecule has 138 valence electrons. The summed E-state index contributed by atoms with van der Waals surface area (Å²) in [4.78, 5) is 22.9. The Morgan fingerprint density at radius 2 is 1.75 bits per heavy atom. The van der Waals surface area contributed by atoms with Gasteiger partial charge in [0.05, 0.1) is 19.8 Å². The Balaban J connectivity index is 0.000000256. The summed E-state index contributed by atoms with van der Waals surface area (Å²) < 4.78 is 42.5. The predicted octanol–water partition coefficient (Wildman–Crippen LogP) is 0.247. The van der Waals surface area contributed by atoms with Crippen molar-refractivity contribution in [1.82, 2.24) is 10.2 Å². The summed E-state index contributed by atoms with van der Waals surface area (Å²) in [6.45, 7) is 5.57. The standard InChI is InChI=1S/C12H20N2O3.C2HF3O2/c15-11(10-7-16-5-6-17-10)14-8-12(9-14)1-3-13-4-2-12;3-2(4,5)1(6)7/h10,13H,1-9H2;(H,6,7). The van der Waals surface area contributed by atoms with E-state index in [0.29, 0.717) is 25.2 Å². The van der Waals surface area contributed by atoms with Crippen molar-refractivity contribution >= 4 is 11.9 Å². The van der Waals surface area contributed by atoms with Crippen LogP contribution in [0.15, 0.2) is 0 Å². The van der Waals surface area contributed by atoms with Crippen LogP contribution < -0.4 is 5.32 Å². The molecule has 1 unspecified atom stereocenters. The fourth-order valence-electron chi connectivity index (χ4n) is 3.03. The number of piperidine rings is 1. The van der Waals surface area contributed by atoms with Crippen LogP contribution in [0.25, 0.3) is 0 Å². The van der Waals surface area contributed by atoms with Gasteiger partial charge in [0.1, 0.15) is 0 Å². The van der Waals surface area contributed by atoms with Gasteiger partial charge in [-0.15, -0.1) is 0 Å². The van der Waals surface area contributed by atoms with Gasteiger partial charge in [0.2, 0.25) is 0 Å². The number of hydrogen-bond acceptors (Lipinski definition) is 5. The molecule has 1 amide bonds. The topological polar surface area (TPSA) is 88.1 Å². The maximum Gasteiger partial charge on any atom is 0.490 e. The Morgan fingerprint density at radius 1 is 1.17 bits per heavy atom. The second-order valence-electron chi connectivity index (χ2n) is 6.18. The molecule has 7 nitrogen and oxygen atoms in total. The second-order valence-corrected chi connectivity index (χ2v) is 6.18. The van der Waals surface area contributed by atoms with Gasteiger partial charge < -0.3 is 24.8 Å². The van der Waals surface area contributed by atoms with Crippen molar-refractivity contribution in [2.24, 2.45) is 5.41 Å². The van der Waals surface area contributed by atoms with Crippen molar-refractivity contribution in [1.29, 1.82) is 0 Å². The summed E-state index contributed by atoms with van der Waals surface area (Å²) in [6.07, 6.45) is -3.06. The molecule has 0 radical (unpaired) electrons. The molecule has 10 heteroatoms. The number of carbonyl (C=O) groups is 2. The number of alkyl halides is 3. The smallest absolute Gasteiger partial charge is 0.475 e. The Labute approximate surface area is 137 Å². The molecule has 0 aromatic carbocycles. The van der Waals surface area contributed by atoms with Crippen molar-refractivity contribution in [3.05, 3.63) is 0 Å². The molecule has 0 aromatic heterocycles. The molecule has 3 heterocycles. The van der Waals surface area contributed by atoms with Gasteiger partial charge in [0, 0.05) is 18.5 Å². The Morgan fingerprint density at radius 3 is 2.21 bits per heavy atom. The Kier molecular flexibility index (Phi) is 6.05. The van der Waals surface area contributed by atoms with Crippen LogP contribution in [0, 0.1) is 5.41 Å². The highest BCUT2D eigenvalue weighted by Gasteiger charge is 2.47. The van der Waals surface area contributed by atoms with E-state index in [-0.39, 0.29) is 12.0 Å². The largest absolute Gasteiger partial charge is 0.490 e. The third kappa shape index (κ3) is 4.81. The van der Waals surface area contributed by atoms with Crippen molar-refractivity contribution in [3.63, 3.8) is 0 Å². The maximum absolute atomic E-state index is 12.1. The zero-order valence-corrected chi connectivity index (χ0v) is 13.1. The van der Waals surface area contributed by atoms with Crippen molar-refractivity contribution in [2.75, 3.05) is 46.0 Å². The molecule has 3 saturated heterocycles. The van der Waals surface area contributed by atoms with Crippen molar-refractivity contribution < 1.29 is 37.3 Å². The summed E-state index contributed by atoms with van der Waals surface area (Å²) in [6, 6.07) is 0. The molecule has 24 heavy (non-hydrogen) atoms. The van der Waals surface area contributed by atoms with Gasteiger partial charge in [-0.05, 0) is 25.9 Å². The number of halogens is 3. The van der Waals surface area contributed by atoms with E-state index in [2.05, 4.69) is 5.32 Å². The van der Waals surface area contributed by atoms with E-state index < -0.39 is 12.1 Å². The van der Waals surface area contributed by atoms with Gasteiger partial charge in [-0.25, -0.2) is 4.79 Å². The number of likely N-dealkylation sites (tertiary alicyclic amines) is 1. The Bertz CT molecular complexity index is 452. The van der Waals surface area contributed by atoms with E-state index in [9.17, 15) is 18.0 Å². The zero-order chi connectivity index (χ0) is 17.8. The van der Waals surface area contributed by atoms with Crippen LogP contribution in [0.1, 0.15) is 12.8 Å². The lowest BCUT2D eigenvalue weighted by atomic mass is 9.72. The van der Waals surface area contributed by atoms with Crippen LogP contribution in [0.4, 0.5) is 13.2 Å². The highest BCUT2D eigenvalue weighted by Crippen LogP contribution is 2.39. The summed E-state index contributed by atoms with van der Waals surface area (Å²) in [5.41, 5.74) is 0.399. The SMILES string of the molecule is O=C(C1COCCO1)N1CC2(CCNCC2)C1.O=C(O)C(F)(F)F. The first-order valence-corrected chi connectivity index (χ1v) is 7.72. The number of ether oxygens (including phenoxy) is 2. The number of amides is 1. The lowest BCUT2D eigenvalue weighted by Gasteiger charge is -2.53. The molecule has 3 fully saturated rings. The third-order valence-corrected chi connectivity index (χ3v) is 4.36. The number of hydrogen-bond donors (Lipinski definition) is 2. The van der Waals surface area contributed by atoms with Crippen LogP contribution in [0.5, 0.6) is 0 Å². The highest BCUT2D eigenvalue weighted by atomic mass is 19.4. The number of nitrogens with one attached hydrogen (secondary N) is 1. The van der Waals surface area contributed by atoms with Crippen LogP contribution in [0.3, 0.4) is 0 Å². The van der Waals surface area contributed by atoms with E-state index >= 15 is 0 Å². The van der Waals surface area contributed by atoms with Gasteiger partial charge in [-0.3, -0.25) is 4.79 Å². The molecule has 1 atom stereocenters. The number of carboxylic acids is 1. The van der Waals surface area contributed by atoms with Gasteiger partial charge in [-0.2, -0.15) is 13.2 Å². The number of carboxylic acid groups (broad SMARTS) is 1. The summed E-state index contributed by atoms with van der Waals surface area (Å²) >= 11 is 0. The second kappa shape index (κ2) is 7.66. The van der Waals surface area contributed by atoms with Gasteiger partial charge in [-0.1, -0.05) is 0 Å². The first-order chi connectivity index (χ1) is 11.2. The minimum atomic E-state index is -5.08. The molecule has 2 N–H and O–H groups in total. The lowest BCUT2D eigenvalue weighted by Crippen LogP contribution is -2.64. The minimum absolute atomic E-state index is 0.119. The number of aliphatic carboxylic acids is 1. The molecular formula is C14H21F3N2O5. The first-order valence-electron chi connectivity index (χ1n) is 7.72. The number of carbonyl (C=O) groups excluding carboxylic acids is 1. The highest BCUT2D eigenvalue weighted by molar-refractivity contribution is 5.82. The van der Waals surface area contributed by atoms with Gasteiger partial charge >= 0.3 is 12.1 Å². The summed E-state index contributed by atoms with van der Waals surface area (Å²) in [5, 5.41) is 10.5. The Hall–Kier alpha value is -1.39. The molecule has 3 rings (SSSR count). The zero-order valence-electron chi connectivity index (χ0n) is 13.1. The van der Waals surface area contributed by atoms with Crippen LogP contribution in [0.2, 0.25) is 0 Å². The fourth-order valence-corrected chi connectivity index (χ4v) is 3.03. The van der Waals surface area contributed by atoms with E-state index in [0.717, 1.165) is 26.2 Å². The van der Waals surface area contributed by atoms with E-state index in [1.807, 2.05) is 4.90 Å². The van der Waals surface area contributed by atoms with Crippen LogP contribution in [-0.2, 0) is 19.1 Å². The summed E-state index contributed by atoms with van der Waals surface area (Å²) in [7, 11) is 0. The van der Waals surface area contributed by atoms with Gasteiger partial charge in [0.25, 0.3) is 5.91 Å². The quantitative estimate of drug-likeness (QED) is 0.702. The normalized spacial score (nSPS) is 26.1. The molecule has 0 aromatic rings. The third-order valence-electron chi connectivity index (χ3n) is 4.36. The number of rotatable bonds is 1. The fraction of sp³-hybridized carbons (Fsp3) is 0.857. The van der Waals surface area contributed by atoms with Crippen molar-refractivity contribution in [3.8, 4) is 0 Å². The average molecular weight is 354 g/mol. The molecule has 0 saturated carbocycles. The van der Waals surface area contributed by atoms with Gasteiger partial charge in [0.15, 0.2) is 6.10 Å². The molecule has 3 aliphatic rings. The number of nitrogens with zero attached hydrogens (tertiary/aromatic N) is 1. The lowest BCUT2D eigenvalue weighted by molar-refractivity contribution is -0.192.